The second-order valence-electron chi connectivity index (χ2n) is 4.02. The first-order valence-corrected chi connectivity index (χ1v) is 6.91. The average molecular weight is 300 g/mol. The SMILES string of the molecule is CCCn1nncc1-c1nc(NCC)c(Cl)cc1Cl. The van der Waals surface area contributed by atoms with Crippen molar-refractivity contribution in [2.45, 2.75) is 26.8 Å². The molecule has 5 nitrogen and oxygen atoms in total. The minimum Gasteiger partial charge on any atom is -0.369 e. The van der Waals surface area contributed by atoms with Gasteiger partial charge in [0.05, 0.1) is 16.2 Å². The quantitative estimate of drug-likeness (QED) is 0.918. The van der Waals surface area contributed by atoms with E-state index in [2.05, 4.69) is 27.5 Å². The van der Waals surface area contributed by atoms with E-state index >= 15 is 0 Å². The molecule has 7 heteroatoms. The van der Waals surface area contributed by atoms with Gasteiger partial charge in [0.15, 0.2) is 0 Å². The molecular formula is C12H15Cl2N5. The molecule has 0 aliphatic rings. The molecule has 19 heavy (non-hydrogen) atoms. The zero-order valence-corrected chi connectivity index (χ0v) is 12.3. The molecule has 0 spiro atoms. The van der Waals surface area contributed by atoms with E-state index in [0.717, 1.165) is 25.2 Å². The highest BCUT2D eigenvalue weighted by molar-refractivity contribution is 6.37. The predicted octanol–water partition coefficient (Wildman–Crippen LogP) is 3.49. The van der Waals surface area contributed by atoms with Crippen LogP contribution >= 0.6 is 23.2 Å². The van der Waals surface area contributed by atoms with Crippen molar-refractivity contribution in [1.82, 2.24) is 20.0 Å². The zero-order valence-electron chi connectivity index (χ0n) is 10.8. The van der Waals surface area contributed by atoms with Crippen LogP contribution in [0.3, 0.4) is 0 Å². The van der Waals surface area contributed by atoms with E-state index in [-0.39, 0.29) is 0 Å². The van der Waals surface area contributed by atoms with E-state index in [1.54, 1.807) is 16.9 Å². The van der Waals surface area contributed by atoms with Gasteiger partial charge in [-0.1, -0.05) is 35.3 Å². The van der Waals surface area contributed by atoms with Gasteiger partial charge in [0.2, 0.25) is 0 Å². The van der Waals surface area contributed by atoms with E-state index in [1.807, 2.05) is 6.92 Å². The van der Waals surface area contributed by atoms with Crippen molar-refractivity contribution in [3.8, 4) is 11.4 Å². The molecular weight excluding hydrogens is 285 g/mol. The fraction of sp³-hybridized carbons (Fsp3) is 0.417. The maximum atomic E-state index is 6.22. The minimum atomic E-state index is 0.492. The Morgan fingerprint density at radius 3 is 2.74 bits per heavy atom. The van der Waals surface area contributed by atoms with Crippen molar-refractivity contribution in [2.75, 3.05) is 11.9 Å². The van der Waals surface area contributed by atoms with Crippen molar-refractivity contribution in [3.05, 3.63) is 22.3 Å². The standard InChI is InChI=1S/C12H15Cl2N5/c1-3-5-19-10(7-16-18-19)11-8(13)6-9(14)12(17-11)15-4-2/h6-7H,3-5H2,1-2H3,(H,15,17). The number of pyridine rings is 1. The van der Waals surface area contributed by atoms with Gasteiger partial charge in [-0.15, -0.1) is 5.10 Å². The molecule has 0 radical (unpaired) electrons. The summed E-state index contributed by atoms with van der Waals surface area (Å²) in [6.07, 6.45) is 2.62. The third kappa shape index (κ3) is 2.98. The van der Waals surface area contributed by atoms with Crippen LogP contribution in [0.2, 0.25) is 10.0 Å². The summed E-state index contributed by atoms with van der Waals surface area (Å²) < 4.78 is 1.79. The van der Waals surface area contributed by atoms with Gasteiger partial charge in [-0.25, -0.2) is 9.67 Å². The summed E-state index contributed by atoms with van der Waals surface area (Å²) >= 11 is 12.3. The number of aryl methyl sites for hydroxylation is 1. The largest absolute Gasteiger partial charge is 0.369 e. The Bertz CT molecular complexity index is 567. The molecule has 0 aliphatic carbocycles. The molecule has 0 aromatic carbocycles. The summed E-state index contributed by atoms with van der Waals surface area (Å²) in [5.41, 5.74) is 1.43. The lowest BCUT2D eigenvalue weighted by atomic mass is 10.2. The molecule has 0 aliphatic heterocycles. The molecule has 2 rings (SSSR count). The number of hydrogen-bond acceptors (Lipinski definition) is 4. The average Bonchev–Trinajstić information content (AvgIpc) is 2.81. The fourth-order valence-electron chi connectivity index (χ4n) is 1.76. The third-order valence-electron chi connectivity index (χ3n) is 2.57. The predicted molar refractivity (Wildman–Crippen MR) is 77.7 cm³/mol. The van der Waals surface area contributed by atoms with E-state index < -0.39 is 0 Å². The Morgan fingerprint density at radius 1 is 1.26 bits per heavy atom. The second kappa shape index (κ2) is 6.21. The molecule has 2 aromatic heterocycles. The summed E-state index contributed by atoms with van der Waals surface area (Å²) in [5, 5.41) is 12.1. The van der Waals surface area contributed by atoms with Crippen molar-refractivity contribution < 1.29 is 0 Å². The highest BCUT2D eigenvalue weighted by atomic mass is 35.5. The Labute approximate surface area is 121 Å². The van der Waals surface area contributed by atoms with Crippen LogP contribution in [0.5, 0.6) is 0 Å². The van der Waals surface area contributed by atoms with Gasteiger partial charge in [0, 0.05) is 13.1 Å². The van der Waals surface area contributed by atoms with Crippen LogP contribution in [0.15, 0.2) is 12.3 Å². The van der Waals surface area contributed by atoms with Crippen molar-refractivity contribution >= 4 is 29.0 Å². The lowest BCUT2D eigenvalue weighted by Gasteiger charge is -2.10. The van der Waals surface area contributed by atoms with Crippen LogP contribution in [-0.4, -0.2) is 26.5 Å². The Balaban J connectivity index is 2.48. The molecule has 0 fully saturated rings. The monoisotopic (exact) mass is 299 g/mol. The summed E-state index contributed by atoms with van der Waals surface area (Å²) in [6, 6.07) is 1.69. The summed E-state index contributed by atoms with van der Waals surface area (Å²) in [7, 11) is 0. The first-order valence-electron chi connectivity index (χ1n) is 6.16. The summed E-state index contributed by atoms with van der Waals surface area (Å²) in [4.78, 5) is 4.47. The first-order chi connectivity index (χ1) is 9.17. The lowest BCUT2D eigenvalue weighted by Crippen LogP contribution is -2.05. The molecule has 0 amide bonds. The smallest absolute Gasteiger partial charge is 0.145 e. The number of nitrogens with zero attached hydrogens (tertiary/aromatic N) is 4. The number of halogens is 2. The first kappa shape index (κ1) is 14.1. The second-order valence-corrected chi connectivity index (χ2v) is 4.84. The highest BCUT2D eigenvalue weighted by Gasteiger charge is 2.15. The van der Waals surface area contributed by atoms with Crippen LogP contribution < -0.4 is 5.32 Å². The number of hydrogen-bond donors (Lipinski definition) is 1. The molecule has 0 bridgehead atoms. The van der Waals surface area contributed by atoms with Crippen LogP contribution in [0, 0.1) is 0 Å². The molecule has 0 saturated heterocycles. The topological polar surface area (TPSA) is 55.6 Å². The van der Waals surface area contributed by atoms with Gasteiger partial charge in [-0.2, -0.15) is 0 Å². The van der Waals surface area contributed by atoms with E-state index in [9.17, 15) is 0 Å². The van der Waals surface area contributed by atoms with E-state index in [1.165, 1.54) is 0 Å². The molecule has 0 unspecified atom stereocenters. The fourth-order valence-corrected chi connectivity index (χ4v) is 2.28. The summed E-state index contributed by atoms with van der Waals surface area (Å²) in [5.74, 6) is 0.618. The normalized spacial score (nSPS) is 10.7. The van der Waals surface area contributed by atoms with Gasteiger partial charge in [-0.3, -0.25) is 0 Å². The molecule has 0 atom stereocenters. The molecule has 2 aromatic rings. The highest BCUT2D eigenvalue weighted by Crippen LogP contribution is 2.31. The number of anilines is 1. The van der Waals surface area contributed by atoms with E-state index in [0.29, 0.717) is 21.6 Å². The van der Waals surface area contributed by atoms with Crippen LogP contribution in [0.25, 0.3) is 11.4 Å². The van der Waals surface area contributed by atoms with Crippen LogP contribution in [0.4, 0.5) is 5.82 Å². The molecule has 1 N–H and O–H groups in total. The van der Waals surface area contributed by atoms with Gasteiger partial charge in [0.25, 0.3) is 0 Å². The molecule has 0 saturated carbocycles. The van der Waals surface area contributed by atoms with Crippen molar-refractivity contribution in [2.24, 2.45) is 0 Å². The zero-order chi connectivity index (χ0) is 13.8. The summed E-state index contributed by atoms with van der Waals surface area (Å²) in [6.45, 7) is 5.56. The number of rotatable bonds is 5. The van der Waals surface area contributed by atoms with Gasteiger partial charge >= 0.3 is 0 Å². The third-order valence-corrected chi connectivity index (χ3v) is 3.15. The number of nitrogens with one attached hydrogen (secondary N) is 1. The minimum absolute atomic E-state index is 0.492. The van der Waals surface area contributed by atoms with Crippen LogP contribution in [-0.2, 0) is 6.54 Å². The van der Waals surface area contributed by atoms with Gasteiger partial charge in [-0.05, 0) is 19.4 Å². The maximum Gasteiger partial charge on any atom is 0.145 e. The van der Waals surface area contributed by atoms with Crippen molar-refractivity contribution in [3.63, 3.8) is 0 Å². The Morgan fingerprint density at radius 2 is 2.05 bits per heavy atom. The van der Waals surface area contributed by atoms with Crippen molar-refractivity contribution in [1.29, 1.82) is 0 Å². The molecule has 102 valence electrons. The lowest BCUT2D eigenvalue weighted by molar-refractivity contribution is 0.583. The van der Waals surface area contributed by atoms with E-state index in [4.69, 9.17) is 23.2 Å². The Hall–Kier alpha value is -1.33. The van der Waals surface area contributed by atoms with Gasteiger partial charge < -0.3 is 5.32 Å². The maximum absolute atomic E-state index is 6.22. The molecule has 2 heterocycles. The van der Waals surface area contributed by atoms with Gasteiger partial charge in [0.1, 0.15) is 17.2 Å². The van der Waals surface area contributed by atoms with Crippen LogP contribution in [0.1, 0.15) is 20.3 Å². The number of aromatic nitrogens is 4. The Kier molecular flexibility index (Phi) is 4.61.